The molecule has 1 aliphatic carbocycles. The highest BCUT2D eigenvalue weighted by molar-refractivity contribution is 5.33. The quantitative estimate of drug-likeness (QED) is 0.907. The highest BCUT2D eigenvalue weighted by Gasteiger charge is 2.50. The van der Waals surface area contributed by atoms with Crippen LogP contribution < -0.4 is 0 Å². The van der Waals surface area contributed by atoms with Crippen LogP contribution in [0.25, 0.3) is 0 Å². The van der Waals surface area contributed by atoms with E-state index in [9.17, 15) is 5.11 Å². The molecule has 1 heterocycles. The Morgan fingerprint density at radius 2 is 2.00 bits per heavy atom. The third-order valence-corrected chi connectivity index (χ3v) is 4.46. The zero-order chi connectivity index (χ0) is 14.2. The van der Waals surface area contributed by atoms with Crippen LogP contribution in [0.5, 0.6) is 0 Å². The van der Waals surface area contributed by atoms with E-state index in [1.54, 1.807) is 0 Å². The molecule has 3 nitrogen and oxygen atoms in total. The molecule has 0 saturated heterocycles. The summed E-state index contributed by atoms with van der Waals surface area (Å²) in [5.41, 5.74) is 3.41. The van der Waals surface area contributed by atoms with E-state index in [1.165, 1.54) is 5.56 Å². The van der Waals surface area contributed by atoms with Gasteiger partial charge in [-0.1, -0.05) is 30.3 Å². The first-order valence-corrected chi connectivity index (χ1v) is 7.42. The van der Waals surface area contributed by atoms with E-state index in [1.807, 2.05) is 17.7 Å². The van der Waals surface area contributed by atoms with Crippen molar-refractivity contribution in [2.45, 2.75) is 51.2 Å². The molecule has 0 radical (unpaired) electrons. The fourth-order valence-corrected chi connectivity index (χ4v) is 3.15. The predicted octanol–water partition coefficient (Wildman–Crippen LogP) is 2.85. The van der Waals surface area contributed by atoms with Gasteiger partial charge in [-0.2, -0.15) is 5.10 Å². The van der Waals surface area contributed by atoms with Crippen molar-refractivity contribution in [3.05, 3.63) is 53.3 Å². The predicted molar refractivity (Wildman–Crippen MR) is 79.7 cm³/mol. The van der Waals surface area contributed by atoms with Gasteiger partial charge in [-0.15, -0.1) is 0 Å². The SMILES string of the molecule is CCn1nc(C)cc1CC(O)C1(c2ccccc2)CC1. The molecule has 1 aromatic carbocycles. The molecule has 1 unspecified atom stereocenters. The van der Waals surface area contributed by atoms with Crippen LogP contribution in [0.2, 0.25) is 0 Å². The number of hydrogen-bond donors (Lipinski definition) is 1. The first-order valence-electron chi connectivity index (χ1n) is 7.42. The minimum atomic E-state index is -0.328. The van der Waals surface area contributed by atoms with Crippen molar-refractivity contribution < 1.29 is 5.11 Å². The summed E-state index contributed by atoms with van der Waals surface area (Å²) < 4.78 is 2.00. The number of aryl methyl sites for hydroxylation is 2. The van der Waals surface area contributed by atoms with E-state index in [0.29, 0.717) is 6.42 Å². The minimum absolute atomic E-state index is 0.0298. The van der Waals surface area contributed by atoms with Gasteiger partial charge in [-0.05, 0) is 38.3 Å². The first kappa shape index (κ1) is 13.4. The molecule has 0 bridgehead atoms. The van der Waals surface area contributed by atoms with Crippen LogP contribution in [0, 0.1) is 6.92 Å². The third kappa shape index (κ3) is 2.27. The topological polar surface area (TPSA) is 38.0 Å². The maximum absolute atomic E-state index is 10.7. The summed E-state index contributed by atoms with van der Waals surface area (Å²) in [6.45, 7) is 4.95. The number of benzene rings is 1. The van der Waals surface area contributed by atoms with E-state index in [2.05, 4.69) is 42.4 Å². The van der Waals surface area contributed by atoms with Crippen molar-refractivity contribution in [1.29, 1.82) is 0 Å². The van der Waals surface area contributed by atoms with Gasteiger partial charge in [0.2, 0.25) is 0 Å². The normalized spacial score (nSPS) is 17.9. The summed E-state index contributed by atoms with van der Waals surface area (Å²) in [5.74, 6) is 0. The third-order valence-electron chi connectivity index (χ3n) is 4.46. The lowest BCUT2D eigenvalue weighted by Gasteiger charge is -2.23. The second-order valence-electron chi connectivity index (χ2n) is 5.83. The van der Waals surface area contributed by atoms with Gasteiger partial charge >= 0.3 is 0 Å². The molecule has 1 aromatic heterocycles. The lowest BCUT2D eigenvalue weighted by atomic mass is 9.87. The van der Waals surface area contributed by atoms with Gasteiger partial charge in [0.1, 0.15) is 0 Å². The highest BCUT2D eigenvalue weighted by Crippen LogP contribution is 2.51. The standard InChI is InChI=1S/C17H22N2O/c1-3-19-15(11-13(2)18-19)12-16(20)17(9-10-17)14-7-5-4-6-8-14/h4-8,11,16,20H,3,9-10,12H2,1-2H3. The van der Waals surface area contributed by atoms with Crippen molar-refractivity contribution in [3.63, 3.8) is 0 Å². The Labute approximate surface area is 120 Å². The molecule has 2 aromatic rings. The number of hydrogen-bond acceptors (Lipinski definition) is 2. The summed E-state index contributed by atoms with van der Waals surface area (Å²) in [7, 11) is 0. The molecule has 1 aliphatic rings. The molecule has 0 aliphatic heterocycles. The molecule has 1 fully saturated rings. The van der Waals surface area contributed by atoms with Crippen molar-refractivity contribution in [1.82, 2.24) is 9.78 Å². The first-order chi connectivity index (χ1) is 9.65. The molecule has 1 saturated carbocycles. The fourth-order valence-electron chi connectivity index (χ4n) is 3.15. The monoisotopic (exact) mass is 270 g/mol. The van der Waals surface area contributed by atoms with Crippen molar-refractivity contribution in [2.24, 2.45) is 0 Å². The van der Waals surface area contributed by atoms with Crippen LogP contribution in [-0.2, 0) is 18.4 Å². The Morgan fingerprint density at radius 1 is 1.30 bits per heavy atom. The largest absolute Gasteiger partial charge is 0.392 e. The summed E-state index contributed by atoms with van der Waals surface area (Å²) >= 11 is 0. The molecule has 3 heteroatoms. The maximum Gasteiger partial charge on any atom is 0.0692 e. The molecule has 0 amide bonds. The Morgan fingerprint density at radius 3 is 2.60 bits per heavy atom. The number of rotatable bonds is 5. The van der Waals surface area contributed by atoms with Gasteiger partial charge in [-0.25, -0.2) is 0 Å². The minimum Gasteiger partial charge on any atom is -0.392 e. The van der Waals surface area contributed by atoms with Crippen molar-refractivity contribution in [3.8, 4) is 0 Å². The van der Waals surface area contributed by atoms with E-state index < -0.39 is 0 Å². The molecule has 20 heavy (non-hydrogen) atoms. The lowest BCUT2D eigenvalue weighted by molar-refractivity contribution is 0.129. The Bertz CT molecular complexity index is 584. The van der Waals surface area contributed by atoms with Crippen LogP contribution in [0.4, 0.5) is 0 Å². The zero-order valence-electron chi connectivity index (χ0n) is 12.2. The summed E-state index contributed by atoms with van der Waals surface area (Å²) in [6.07, 6.45) is 2.52. The second-order valence-corrected chi connectivity index (χ2v) is 5.83. The smallest absolute Gasteiger partial charge is 0.0692 e. The number of nitrogens with zero attached hydrogens (tertiary/aromatic N) is 2. The molecule has 106 valence electrons. The lowest BCUT2D eigenvalue weighted by Crippen LogP contribution is -2.29. The number of aliphatic hydroxyl groups excluding tert-OH is 1. The van der Waals surface area contributed by atoms with Gasteiger partial charge < -0.3 is 5.11 Å². The maximum atomic E-state index is 10.7. The fraction of sp³-hybridized carbons (Fsp3) is 0.471. The van der Waals surface area contributed by atoms with Crippen molar-refractivity contribution in [2.75, 3.05) is 0 Å². The molecule has 1 atom stereocenters. The molecule has 1 N–H and O–H groups in total. The van der Waals surface area contributed by atoms with Crippen molar-refractivity contribution >= 4 is 0 Å². The van der Waals surface area contributed by atoms with Gasteiger partial charge in [-0.3, -0.25) is 4.68 Å². The molecule has 3 rings (SSSR count). The average Bonchev–Trinajstić information content (AvgIpc) is 3.20. The number of aromatic nitrogens is 2. The summed E-state index contributed by atoms with van der Waals surface area (Å²) in [6, 6.07) is 12.5. The molecular weight excluding hydrogens is 248 g/mol. The molecule has 0 spiro atoms. The molecular formula is C17H22N2O. The van der Waals surface area contributed by atoms with Crippen LogP contribution in [0.15, 0.2) is 36.4 Å². The summed E-state index contributed by atoms with van der Waals surface area (Å²) in [4.78, 5) is 0. The van der Waals surface area contributed by atoms with Gasteiger partial charge in [0.15, 0.2) is 0 Å². The van der Waals surface area contributed by atoms with E-state index in [-0.39, 0.29) is 11.5 Å². The van der Waals surface area contributed by atoms with Crippen LogP contribution >= 0.6 is 0 Å². The second kappa shape index (κ2) is 5.06. The summed E-state index contributed by atoms with van der Waals surface area (Å²) in [5, 5.41) is 15.2. The Hall–Kier alpha value is -1.61. The number of aliphatic hydroxyl groups is 1. The Balaban J connectivity index is 1.81. The van der Waals surface area contributed by atoms with Crippen LogP contribution in [-0.4, -0.2) is 21.0 Å². The average molecular weight is 270 g/mol. The van der Waals surface area contributed by atoms with E-state index in [4.69, 9.17) is 0 Å². The van der Waals surface area contributed by atoms with Crippen LogP contribution in [0.1, 0.15) is 36.7 Å². The Kier molecular flexibility index (Phi) is 3.38. The van der Waals surface area contributed by atoms with Crippen LogP contribution in [0.3, 0.4) is 0 Å². The zero-order valence-corrected chi connectivity index (χ0v) is 12.2. The van der Waals surface area contributed by atoms with Gasteiger partial charge in [0.05, 0.1) is 11.8 Å². The van der Waals surface area contributed by atoms with Gasteiger partial charge in [0, 0.05) is 24.1 Å². The van der Waals surface area contributed by atoms with E-state index >= 15 is 0 Å². The highest BCUT2D eigenvalue weighted by atomic mass is 16.3. The van der Waals surface area contributed by atoms with E-state index in [0.717, 1.165) is 30.8 Å². The van der Waals surface area contributed by atoms with Gasteiger partial charge in [0.25, 0.3) is 0 Å².